The number of halogens is 2. The Morgan fingerprint density at radius 3 is 2.56 bits per heavy atom. The highest BCUT2D eigenvalue weighted by molar-refractivity contribution is 9.10. The highest BCUT2D eigenvalue weighted by atomic mass is 79.9. The maximum atomic E-state index is 11.9. The van der Waals surface area contributed by atoms with Gasteiger partial charge in [-0.15, -0.1) is 11.3 Å². The Balaban J connectivity index is 2.79. The molecule has 0 saturated carbocycles. The highest BCUT2D eigenvalue weighted by Crippen LogP contribution is 2.28. The average Bonchev–Trinajstić information content (AvgIpc) is 2.63. The van der Waals surface area contributed by atoms with Crippen molar-refractivity contribution in [1.29, 1.82) is 0 Å². The fourth-order valence-corrected chi connectivity index (χ4v) is 4.69. The molecule has 0 saturated heterocycles. The molecule has 1 aromatic heterocycles. The Labute approximate surface area is 117 Å². The summed E-state index contributed by atoms with van der Waals surface area (Å²) in [4.78, 5) is 0. The van der Waals surface area contributed by atoms with Crippen LogP contribution in [0.4, 0.5) is 0 Å². The van der Waals surface area contributed by atoms with Crippen molar-refractivity contribution >= 4 is 53.2 Å². The van der Waals surface area contributed by atoms with Gasteiger partial charge in [-0.3, -0.25) is 0 Å². The molecule has 3 nitrogen and oxygen atoms in total. The van der Waals surface area contributed by atoms with Gasteiger partial charge in [-0.05, 0) is 32.8 Å². The fourth-order valence-electron chi connectivity index (χ4n) is 0.875. The molecule has 0 unspecified atom stereocenters. The predicted octanol–water partition coefficient (Wildman–Crippen LogP) is 3.21. The van der Waals surface area contributed by atoms with Gasteiger partial charge >= 0.3 is 0 Å². The van der Waals surface area contributed by atoms with Crippen LogP contribution in [0, 0.1) is 5.41 Å². The van der Waals surface area contributed by atoms with Crippen LogP contribution in [-0.4, -0.2) is 20.3 Å². The second kappa shape index (κ2) is 5.48. The Morgan fingerprint density at radius 1 is 1.50 bits per heavy atom. The van der Waals surface area contributed by atoms with E-state index in [9.17, 15) is 8.42 Å². The predicted molar refractivity (Wildman–Crippen MR) is 74.8 cm³/mol. The molecule has 0 aromatic carbocycles. The average molecular weight is 391 g/mol. The molecule has 7 heteroatoms. The van der Waals surface area contributed by atoms with Crippen LogP contribution in [0.15, 0.2) is 20.1 Å². The van der Waals surface area contributed by atoms with Gasteiger partial charge in [-0.25, -0.2) is 13.1 Å². The van der Waals surface area contributed by atoms with Gasteiger partial charge < -0.3 is 0 Å². The van der Waals surface area contributed by atoms with E-state index in [1.54, 1.807) is 11.4 Å². The third-order valence-electron chi connectivity index (χ3n) is 1.93. The summed E-state index contributed by atoms with van der Waals surface area (Å²) in [7, 11) is -3.39. The Bertz CT molecular complexity index is 454. The van der Waals surface area contributed by atoms with Crippen LogP contribution in [0.5, 0.6) is 0 Å². The van der Waals surface area contributed by atoms with E-state index in [-0.39, 0.29) is 5.41 Å². The van der Waals surface area contributed by atoms with Crippen LogP contribution < -0.4 is 4.72 Å². The first-order valence-corrected chi connectivity index (χ1v) is 8.85. The second-order valence-corrected chi connectivity index (χ2v) is 8.47. The van der Waals surface area contributed by atoms with Gasteiger partial charge in [0.25, 0.3) is 10.0 Å². The van der Waals surface area contributed by atoms with Crippen LogP contribution in [0.2, 0.25) is 0 Å². The molecule has 0 radical (unpaired) electrons. The topological polar surface area (TPSA) is 46.2 Å². The first-order chi connectivity index (χ1) is 7.28. The van der Waals surface area contributed by atoms with Gasteiger partial charge in [0.05, 0.1) is 0 Å². The lowest BCUT2D eigenvalue weighted by Gasteiger charge is -2.21. The maximum Gasteiger partial charge on any atom is 0.251 e. The molecule has 92 valence electrons. The largest absolute Gasteiger partial charge is 0.251 e. The van der Waals surface area contributed by atoms with E-state index in [1.807, 2.05) is 13.8 Å². The van der Waals surface area contributed by atoms with Crippen molar-refractivity contribution in [3.63, 3.8) is 0 Å². The summed E-state index contributed by atoms with van der Waals surface area (Å²) >= 11 is 7.79. The third kappa shape index (κ3) is 3.80. The Kier molecular flexibility index (Phi) is 5.01. The number of sulfonamides is 1. The van der Waals surface area contributed by atoms with E-state index >= 15 is 0 Å². The van der Waals surface area contributed by atoms with E-state index in [4.69, 9.17) is 0 Å². The molecule has 0 aliphatic heterocycles. The maximum absolute atomic E-state index is 11.9. The summed E-state index contributed by atoms with van der Waals surface area (Å²) < 4.78 is 27.4. The third-order valence-corrected chi connectivity index (χ3v) is 7.52. The van der Waals surface area contributed by atoms with Crippen LogP contribution in [0.25, 0.3) is 0 Å². The minimum atomic E-state index is -3.39. The van der Waals surface area contributed by atoms with Gasteiger partial charge in [0.2, 0.25) is 0 Å². The molecule has 0 spiro atoms. The van der Waals surface area contributed by atoms with Crippen molar-refractivity contribution in [2.45, 2.75) is 18.1 Å². The summed E-state index contributed by atoms with van der Waals surface area (Å²) in [6.07, 6.45) is 0. The highest BCUT2D eigenvalue weighted by Gasteiger charge is 2.23. The summed E-state index contributed by atoms with van der Waals surface area (Å²) in [6.45, 7) is 4.40. The monoisotopic (exact) mass is 389 g/mol. The van der Waals surface area contributed by atoms with Gasteiger partial charge in [0, 0.05) is 16.3 Å². The van der Waals surface area contributed by atoms with Gasteiger partial charge in [-0.2, -0.15) is 0 Å². The van der Waals surface area contributed by atoms with E-state index < -0.39 is 10.0 Å². The zero-order valence-corrected chi connectivity index (χ0v) is 13.8. The minimum absolute atomic E-state index is 0.100. The molecule has 0 atom stereocenters. The van der Waals surface area contributed by atoms with Crippen molar-refractivity contribution in [2.24, 2.45) is 5.41 Å². The number of nitrogens with one attached hydrogen (secondary N) is 1. The summed E-state index contributed by atoms with van der Waals surface area (Å²) in [6, 6.07) is 1.73. The standard InChI is InChI=1S/C9H13Br2NO2S2/c1-9(2,5-10)6-12-16(13,14)8-7(11)3-4-15-8/h3-4,12H,5-6H2,1-2H3. The van der Waals surface area contributed by atoms with Crippen LogP contribution >= 0.6 is 43.2 Å². The molecule has 1 rings (SSSR count). The molecule has 0 amide bonds. The van der Waals surface area contributed by atoms with Crippen LogP contribution in [-0.2, 0) is 10.0 Å². The molecule has 0 aliphatic rings. The molecule has 1 N–H and O–H groups in total. The molecule has 16 heavy (non-hydrogen) atoms. The van der Waals surface area contributed by atoms with Crippen molar-refractivity contribution in [3.8, 4) is 0 Å². The first-order valence-electron chi connectivity index (χ1n) is 4.57. The quantitative estimate of drug-likeness (QED) is 0.784. The Morgan fingerprint density at radius 2 is 2.12 bits per heavy atom. The molecular formula is C9H13Br2NO2S2. The fraction of sp³-hybridized carbons (Fsp3) is 0.556. The number of hydrogen-bond acceptors (Lipinski definition) is 3. The van der Waals surface area contributed by atoms with E-state index in [2.05, 4.69) is 36.6 Å². The number of rotatable bonds is 5. The van der Waals surface area contributed by atoms with Gasteiger partial charge in [0.1, 0.15) is 4.21 Å². The summed E-state index contributed by atoms with van der Waals surface area (Å²) in [5.74, 6) is 0. The van der Waals surface area contributed by atoms with Crippen molar-refractivity contribution < 1.29 is 8.42 Å². The SMILES string of the molecule is CC(C)(CBr)CNS(=O)(=O)c1sccc1Br. The second-order valence-electron chi connectivity index (χ2n) is 4.18. The van der Waals surface area contributed by atoms with E-state index in [0.717, 1.165) is 5.33 Å². The van der Waals surface area contributed by atoms with Gasteiger partial charge in [-0.1, -0.05) is 29.8 Å². The molecule has 0 aliphatic carbocycles. The smallest absolute Gasteiger partial charge is 0.210 e. The number of thiophene rings is 1. The zero-order chi connectivity index (χ0) is 12.4. The van der Waals surface area contributed by atoms with Gasteiger partial charge in [0.15, 0.2) is 0 Å². The summed E-state index contributed by atoms with van der Waals surface area (Å²) in [5.41, 5.74) is -0.100. The van der Waals surface area contributed by atoms with Crippen LogP contribution in [0.3, 0.4) is 0 Å². The van der Waals surface area contributed by atoms with Crippen LogP contribution in [0.1, 0.15) is 13.8 Å². The molecular weight excluding hydrogens is 378 g/mol. The first kappa shape index (κ1) is 14.6. The molecule has 0 bridgehead atoms. The normalized spacial score (nSPS) is 13.0. The number of hydrogen-bond donors (Lipinski definition) is 1. The van der Waals surface area contributed by atoms with E-state index in [1.165, 1.54) is 11.3 Å². The van der Waals surface area contributed by atoms with Crippen molar-refractivity contribution in [2.75, 3.05) is 11.9 Å². The zero-order valence-electron chi connectivity index (χ0n) is 8.96. The lowest BCUT2D eigenvalue weighted by Crippen LogP contribution is -2.34. The molecule has 1 aromatic rings. The lowest BCUT2D eigenvalue weighted by atomic mass is 9.98. The lowest BCUT2D eigenvalue weighted by molar-refractivity contribution is 0.420. The molecule has 0 fully saturated rings. The minimum Gasteiger partial charge on any atom is -0.210 e. The van der Waals surface area contributed by atoms with E-state index in [0.29, 0.717) is 15.2 Å². The number of alkyl halides is 1. The van der Waals surface area contributed by atoms with Crippen molar-refractivity contribution in [3.05, 3.63) is 15.9 Å². The Hall–Kier alpha value is 0.570. The summed E-state index contributed by atoms with van der Waals surface area (Å²) in [5, 5.41) is 2.49. The van der Waals surface area contributed by atoms with Crippen molar-refractivity contribution in [1.82, 2.24) is 4.72 Å². The molecule has 1 heterocycles.